The van der Waals surface area contributed by atoms with Crippen molar-refractivity contribution in [3.63, 3.8) is 0 Å². The molecule has 0 saturated heterocycles. The molecule has 0 aliphatic rings. The average Bonchev–Trinajstić information content (AvgIpc) is 2.38. The van der Waals surface area contributed by atoms with Crippen molar-refractivity contribution < 1.29 is 8.78 Å². The summed E-state index contributed by atoms with van der Waals surface area (Å²) in [5.41, 5.74) is 2.81. The van der Waals surface area contributed by atoms with Crippen LogP contribution in [-0.2, 0) is 5.92 Å². The summed E-state index contributed by atoms with van der Waals surface area (Å²) in [6.45, 7) is 2.85. The second-order valence-corrected chi connectivity index (χ2v) is 4.66. The molecular weight excluding hydrogens is 242 g/mol. The third-order valence-corrected chi connectivity index (χ3v) is 3.02. The van der Waals surface area contributed by atoms with Gasteiger partial charge < -0.3 is 0 Å². The number of halogens is 2. The third kappa shape index (κ3) is 2.82. The molecule has 0 atom stereocenters. The summed E-state index contributed by atoms with van der Waals surface area (Å²) in [5.74, 6) is -0.530. The molecule has 0 aromatic heterocycles. The smallest absolute Gasteiger partial charge is 0.202 e. The Morgan fingerprint density at radius 3 is 2.21 bits per heavy atom. The molecule has 2 rings (SSSR count). The van der Waals surface area contributed by atoms with Crippen LogP contribution in [0.1, 0.15) is 23.6 Å². The molecule has 0 spiro atoms. The molecule has 0 bridgehead atoms. The standard InChI is InChI=1S/C17H14F2/c1-4-13-7-10-15(16(11-13)17(3,18)19)14-8-5-12(2)6-9-14/h1,5-11H,2-3H3. The van der Waals surface area contributed by atoms with Crippen molar-refractivity contribution in [2.24, 2.45) is 0 Å². The van der Waals surface area contributed by atoms with E-state index in [0.717, 1.165) is 18.1 Å². The van der Waals surface area contributed by atoms with Gasteiger partial charge in [-0.05, 0) is 30.2 Å². The van der Waals surface area contributed by atoms with Gasteiger partial charge in [0.05, 0.1) is 0 Å². The first-order valence-electron chi connectivity index (χ1n) is 5.98. The molecule has 96 valence electrons. The molecule has 0 heterocycles. The van der Waals surface area contributed by atoms with Crippen LogP contribution < -0.4 is 0 Å². The number of hydrogen-bond donors (Lipinski definition) is 0. The maximum atomic E-state index is 13.7. The van der Waals surface area contributed by atoms with Crippen LogP contribution in [0.25, 0.3) is 11.1 Å². The Morgan fingerprint density at radius 2 is 1.68 bits per heavy atom. The second kappa shape index (κ2) is 4.85. The van der Waals surface area contributed by atoms with E-state index >= 15 is 0 Å². The van der Waals surface area contributed by atoms with Crippen molar-refractivity contribution in [2.75, 3.05) is 0 Å². The lowest BCUT2D eigenvalue weighted by atomic mass is 9.94. The van der Waals surface area contributed by atoms with Crippen LogP contribution >= 0.6 is 0 Å². The molecule has 0 aliphatic heterocycles. The van der Waals surface area contributed by atoms with E-state index in [1.54, 1.807) is 12.1 Å². The number of terminal acetylenes is 1. The first kappa shape index (κ1) is 13.3. The lowest BCUT2D eigenvalue weighted by Gasteiger charge is -2.16. The number of benzene rings is 2. The SMILES string of the molecule is C#Cc1ccc(-c2ccc(C)cc2)c(C(C)(F)F)c1. The van der Waals surface area contributed by atoms with Gasteiger partial charge in [-0.25, -0.2) is 8.78 Å². The molecule has 2 heteroatoms. The van der Waals surface area contributed by atoms with Crippen molar-refractivity contribution in [1.29, 1.82) is 0 Å². The fourth-order valence-corrected chi connectivity index (χ4v) is 1.98. The fraction of sp³-hybridized carbons (Fsp3) is 0.176. The van der Waals surface area contributed by atoms with E-state index in [2.05, 4.69) is 5.92 Å². The van der Waals surface area contributed by atoms with Crippen LogP contribution in [-0.4, -0.2) is 0 Å². The topological polar surface area (TPSA) is 0 Å². The first-order valence-corrected chi connectivity index (χ1v) is 5.98. The van der Waals surface area contributed by atoms with Crippen LogP contribution in [0.3, 0.4) is 0 Å². The lowest BCUT2D eigenvalue weighted by Crippen LogP contribution is -2.09. The van der Waals surface area contributed by atoms with Gasteiger partial charge in [-0.3, -0.25) is 0 Å². The van der Waals surface area contributed by atoms with E-state index in [1.165, 1.54) is 6.07 Å². The van der Waals surface area contributed by atoms with Crippen LogP contribution in [0.2, 0.25) is 0 Å². The highest BCUT2D eigenvalue weighted by molar-refractivity contribution is 5.69. The van der Waals surface area contributed by atoms with Gasteiger partial charge in [-0.2, -0.15) is 0 Å². The highest BCUT2D eigenvalue weighted by atomic mass is 19.3. The minimum atomic E-state index is -2.92. The quantitative estimate of drug-likeness (QED) is 0.680. The largest absolute Gasteiger partial charge is 0.271 e. The normalized spacial score (nSPS) is 11.1. The van der Waals surface area contributed by atoms with Gasteiger partial charge in [0.25, 0.3) is 5.92 Å². The lowest BCUT2D eigenvalue weighted by molar-refractivity contribution is 0.0181. The van der Waals surface area contributed by atoms with Gasteiger partial charge >= 0.3 is 0 Å². The summed E-state index contributed by atoms with van der Waals surface area (Å²) in [5, 5.41) is 0. The zero-order chi connectivity index (χ0) is 14.0. The van der Waals surface area contributed by atoms with Crippen LogP contribution in [0.4, 0.5) is 8.78 Å². The highest BCUT2D eigenvalue weighted by Crippen LogP contribution is 2.36. The van der Waals surface area contributed by atoms with Crippen molar-refractivity contribution in [3.05, 3.63) is 59.2 Å². The Hall–Kier alpha value is -2.14. The zero-order valence-electron chi connectivity index (χ0n) is 10.9. The van der Waals surface area contributed by atoms with Gasteiger partial charge in [0, 0.05) is 18.1 Å². The molecular formula is C17H14F2. The second-order valence-electron chi connectivity index (χ2n) is 4.66. The van der Waals surface area contributed by atoms with E-state index < -0.39 is 5.92 Å². The van der Waals surface area contributed by atoms with Gasteiger partial charge in [0.1, 0.15) is 0 Å². The minimum Gasteiger partial charge on any atom is -0.202 e. The maximum absolute atomic E-state index is 13.7. The fourth-order valence-electron chi connectivity index (χ4n) is 1.98. The molecule has 0 nitrogen and oxygen atoms in total. The number of rotatable bonds is 2. The van der Waals surface area contributed by atoms with Gasteiger partial charge in [-0.15, -0.1) is 6.42 Å². The van der Waals surface area contributed by atoms with Crippen molar-refractivity contribution in [1.82, 2.24) is 0 Å². The summed E-state index contributed by atoms with van der Waals surface area (Å²) in [6.07, 6.45) is 5.28. The van der Waals surface area contributed by atoms with E-state index in [4.69, 9.17) is 6.42 Å². The summed E-state index contributed by atoms with van der Waals surface area (Å²) in [6, 6.07) is 12.2. The maximum Gasteiger partial charge on any atom is 0.271 e. The molecule has 0 unspecified atom stereocenters. The molecule has 0 fully saturated rings. The monoisotopic (exact) mass is 256 g/mol. The van der Waals surface area contributed by atoms with E-state index in [-0.39, 0.29) is 5.56 Å². The molecule has 0 radical (unpaired) electrons. The number of hydrogen-bond acceptors (Lipinski definition) is 0. The summed E-state index contributed by atoms with van der Waals surface area (Å²) >= 11 is 0. The van der Waals surface area contributed by atoms with E-state index in [0.29, 0.717) is 11.1 Å². The van der Waals surface area contributed by atoms with Crippen molar-refractivity contribution in [3.8, 4) is 23.5 Å². The molecule has 19 heavy (non-hydrogen) atoms. The van der Waals surface area contributed by atoms with Crippen LogP contribution in [0.15, 0.2) is 42.5 Å². The average molecular weight is 256 g/mol. The van der Waals surface area contributed by atoms with Gasteiger partial charge in [0.15, 0.2) is 0 Å². The Bertz CT molecular complexity index is 626. The number of alkyl halides is 2. The van der Waals surface area contributed by atoms with Crippen molar-refractivity contribution >= 4 is 0 Å². The van der Waals surface area contributed by atoms with Gasteiger partial charge in [0.2, 0.25) is 0 Å². The summed E-state index contributed by atoms with van der Waals surface area (Å²) < 4.78 is 27.5. The predicted octanol–water partition coefficient (Wildman–Crippen LogP) is 4.76. The molecule has 0 amide bonds. The minimum absolute atomic E-state index is 0.0354. The molecule has 0 saturated carbocycles. The van der Waals surface area contributed by atoms with Crippen LogP contribution in [0, 0.1) is 19.3 Å². The zero-order valence-corrected chi connectivity index (χ0v) is 10.9. The predicted molar refractivity (Wildman–Crippen MR) is 74.1 cm³/mol. The first-order chi connectivity index (χ1) is 8.91. The van der Waals surface area contributed by atoms with E-state index in [9.17, 15) is 8.78 Å². The Morgan fingerprint density at radius 1 is 1.05 bits per heavy atom. The van der Waals surface area contributed by atoms with Crippen molar-refractivity contribution in [2.45, 2.75) is 19.8 Å². The van der Waals surface area contributed by atoms with E-state index in [1.807, 2.05) is 31.2 Å². The van der Waals surface area contributed by atoms with Gasteiger partial charge in [-0.1, -0.05) is 41.8 Å². The highest BCUT2D eigenvalue weighted by Gasteiger charge is 2.28. The third-order valence-electron chi connectivity index (χ3n) is 3.02. The number of aryl methyl sites for hydroxylation is 1. The van der Waals surface area contributed by atoms with Crippen LogP contribution in [0.5, 0.6) is 0 Å². The summed E-state index contributed by atoms with van der Waals surface area (Å²) in [4.78, 5) is 0. The molecule has 2 aromatic rings. The molecule has 2 aromatic carbocycles. The Labute approximate surface area is 112 Å². The summed E-state index contributed by atoms with van der Waals surface area (Å²) in [7, 11) is 0. The Balaban J connectivity index is 2.63. The molecule has 0 N–H and O–H groups in total. The molecule has 0 aliphatic carbocycles. The Kier molecular flexibility index (Phi) is 3.40.